The molecule has 3 saturated carbocycles. The highest BCUT2D eigenvalue weighted by Gasteiger charge is 2.73. The molecule has 2 N–H and O–H groups in total. The molecule has 0 unspecified atom stereocenters. The standard InChI is InChI=1S/C15H26O2/c1-13(2)6-5-7-14(3)10-9(16)8-15(14,4)12(17)11(10)13/h9-12,16-17H,5-8H2,1-4H3/t9-,10+,11-,12-,14-,15-/m0/s1. The second-order valence-corrected chi connectivity index (χ2v) is 7.94. The molecule has 3 fully saturated rings. The topological polar surface area (TPSA) is 40.5 Å². The van der Waals surface area contributed by atoms with Crippen molar-refractivity contribution in [3.8, 4) is 0 Å². The van der Waals surface area contributed by atoms with Gasteiger partial charge in [0.15, 0.2) is 0 Å². The van der Waals surface area contributed by atoms with E-state index in [2.05, 4.69) is 27.7 Å². The molecule has 3 aliphatic rings. The largest absolute Gasteiger partial charge is 0.393 e. The molecule has 2 nitrogen and oxygen atoms in total. The predicted molar refractivity (Wildman–Crippen MR) is 67.5 cm³/mol. The summed E-state index contributed by atoms with van der Waals surface area (Å²) in [5.41, 5.74) is 0.241. The van der Waals surface area contributed by atoms with Crippen molar-refractivity contribution in [3.63, 3.8) is 0 Å². The lowest BCUT2D eigenvalue weighted by atomic mass is 9.63. The molecule has 0 aromatic heterocycles. The Hall–Kier alpha value is -0.0800. The minimum absolute atomic E-state index is 0.0700. The first-order chi connectivity index (χ1) is 7.74. The average molecular weight is 238 g/mol. The Morgan fingerprint density at radius 1 is 0.882 bits per heavy atom. The molecule has 0 spiro atoms. The molecule has 3 aliphatic carbocycles. The van der Waals surface area contributed by atoms with Gasteiger partial charge in [0.25, 0.3) is 0 Å². The van der Waals surface area contributed by atoms with Gasteiger partial charge in [0.2, 0.25) is 0 Å². The fraction of sp³-hybridized carbons (Fsp3) is 1.00. The van der Waals surface area contributed by atoms with Crippen LogP contribution in [-0.2, 0) is 0 Å². The van der Waals surface area contributed by atoms with Crippen molar-refractivity contribution in [1.29, 1.82) is 0 Å². The van der Waals surface area contributed by atoms with Gasteiger partial charge in [0.05, 0.1) is 12.2 Å². The molecule has 0 amide bonds. The lowest BCUT2D eigenvalue weighted by molar-refractivity contribution is -0.0850. The summed E-state index contributed by atoms with van der Waals surface area (Å²) in [5.74, 6) is 0.587. The number of hydrogen-bond donors (Lipinski definition) is 2. The van der Waals surface area contributed by atoms with Crippen molar-refractivity contribution in [2.45, 2.75) is 65.6 Å². The van der Waals surface area contributed by atoms with Gasteiger partial charge in [-0.25, -0.2) is 0 Å². The third-order valence-corrected chi connectivity index (χ3v) is 6.89. The molecule has 0 aromatic rings. The molecular formula is C15H26O2. The van der Waals surface area contributed by atoms with Gasteiger partial charge in [-0.2, -0.15) is 0 Å². The molecule has 0 aliphatic heterocycles. The Labute approximate surface area is 104 Å². The van der Waals surface area contributed by atoms with Gasteiger partial charge in [-0.05, 0) is 41.9 Å². The predicted octanol–water partition coefficient (Wildman–Crippen LogP) is 2.58. The van der Waals surface area contributed by atoms with Gasteiger partial charge >= 0.3 is 0 Å². The minimum atomic E-state index is -0.226. The van der Waals surface area contributed by atoms with Crippen molar-refractivity contribution < 1.29 is 10.2 Å². The van der Waals surface area contributed by atoms with Crippen LogP contribution in [0.3, 0.4) is 0 Å². The Bertz CT molecular complexity index is 351. The third kappa shape index (κ3) is 1.14. The maximum atomic E-state index is 10.8. The van der Waals surface area contributed by atoms with Crippen LogP contribution in [0.4, 0.5) is 0 Å². The molecule has 17 heavy (non-hydrogen) atoms. The average Bonchev–Trinajstić information content (AvgIpc) is 2.44. The second-order valence-electron chi connectivity index (χ2n) is 7.94. The molecule has 4 bridgehead atoms. The van der Waals surface area contributed by atoms with Crippen LogP contribution in [0.1, 0.15) is 53.4 Å². The highest BCUT2D eigenvalue weighted by Crippen LogP contribution is 2.73. The minimum Gasteiger partial charge on any atom is -0.393 e. The summed E-state index contributed by atoms with van der Waals surface area (Å²) in [4.78, 5) is 0. The molecule has 0 heterocycles. The van der Waals surface area contributed by atoms with Gasteiger partial charge in [-0.15, -0.1) is 0 Å². The van der Waals surface area contributed by atoms with Gasteiger partial charge in [0, 0.05) is 5.41 Å². The molecule has 6 atom stereocenters. The van der Waals surface area contributed by atoms with Crippen molar-refractivity contribution in [2.75, 3.05) is 0 Å². The Morgan fingerprint density at radius 3 is 2.18 bits per heavy atom. The summed E-state index contributed by atoms with van der Waals surface area (Å²) >= 11 is 0. The summed E-state index contributed by atoms with van der Waals surface area (Å²) in [5, 5.41) is 21.2. The van der Waals surface area contributed by atoms with Gasteiger partial charge in [0.1, 0.15) is 0 Å². The van der Waals surface area contributed by atoms with Crippen LogP contribution in [0.5, 0.6) is 0 Å². The molecule has 0 aromatic carbocycles. The number of hydrogen-bond acceptors (Lipinski definition) is 2. The fourth-order valence-corrected chi connectivity index (χ4v) is 5.73. The van der Waals surface area contributed by atoms with E-state index in [9.17, 15) is 10.2 Å². The molecule has 2 heteroatoms. The monoisotopic (exact) mass is 238 g/mol. The van der Waals surface area contributed by atoms with E-state index in [0.717, 1.165) is 6.42 Å². The molecular weight excluding hydrogens is 212 g/mol. The zero-order valence-electron chi connectivity index (χ0n) is 11.5. The van der Waals surface area contributed by atoms with Crippen molar-refractivity contribution >= 4 is 0 Å². The van der Waals surface area contributed by atoms with Gasteiger partial charge in [-0.1, -0.05) is 34.1 Å². The van der Waals surface area contributed by atoms with Crippen LogP contribution in [0.2, 0.25) is 0 Å². The van der Waals surface area contributed by atoms with E-state index in [1.165, 1.54) is 19.3 Å². The fourth-order valence-electron chi connectivity index (χ4n) is 5.73. The van der Waals surface area contributed by atoms with Crippen molar-refractivity contribution in [2.24, 2.45) is 28.1 Å². The Morgan fingerprint density at radius 2 is 1.53 bits per heavy atom. The van der Waals surface area contributed by atoms with E-state index in [1.807, 2.05) is 0 Å². The van der Waals surface area contributed by atoms with E-state index in [1.54, 1.807) is 0 Å². The van der Waals surface area contributed by atoms with Gasteiger partial charge in [-0.3, -0.25) is 0 Å². The zero-order chi connectivity index (χ0) is 12.6. The van der Waals surface area contributed by atoms with Crippen LogP contribution in [0.15, 0.2) is 0 Å². The Kier molecular flexibility index (Phi) is 2.17. The van der Waals surface area contributed by atoms with Crippen LogP contribution in [0.25, 0.3) is 0 Å². The van der Waals surface area contributed by atoms with E-state index in [-0.39, 0.29) is 34.4 Å². The van der Waals surface area contributed by atoms with Crippen LogP contribution >= 0.6 is 0 Å². The maximum Gasteiger partial charge on any atom is 0.0637 e. The smallest absolute Gasteiger partial charge is 0.0637 e. The van der Waals surface area contributed by atoms with Crippen molar-refractivity contribution in [1.82, 2.24) is 0 Å². The lowest BCUT2D eigenvalue weighted by Gasteiger charge is -2.45. The Balaban J connectivity index is 2.15. The normalized spacial score (nSPS) is 60.4. The van der Waals surface area contributed by atoms with Crippen LogP contribution in [-0.4, -0.2) is 22.4 Å². The highest BCUT2D eigenvalue weighted by molar-refractivity contribution is 5.22. The first kappa shape index (κ1) is 12.0. The molecule has 0 radical (unpaired) electrons. The summed E-state index contributed by atoms with van der Waals surface area (Å²) in [6.45, 7) is 9.09. The molecule has 3 rings (SSSR count). The first-order valence-corrected chi connectivity index (χ1v) is 7.10. The second kappa shape index (κ2) is 3.08. The maximum absolute atomic E-state index is 10.8. The van der Waals surface area contributed by atoms with E-state index >= 15 is 0 Å². The van der Waals surface area contributed by atoms with E-state index < -0.39 is 0 Å². The number of aliphatic hydroxyl groups excluding tert-OH is 2. The highest BCUT2D eigenvalue weighted by atomic mass is 16.3. The lowest BCUT2D eigenvalue weighted by Crippen LogP contribution is -2.46. The molecule has 0 saturated heterocycles. The van der Waals surface area contributed by atoms with E-state index in [0.29, 0.717) is 5.92 Å². The number of aliphatic hydroxyl groups is 2. The summed E-state index contributed by atoms with van der Waals surface area (Å²) < 4.78 is 0. The summed E-state index contributed by atoms with van der Waals surface area (Å²) in [6, 6.07) is 0. The van der Waals surface area contributed by atoms with Crippen LogP contribution < -0.4 is 0 Å². The first-order valence-electron chi connectivity index (χ1n) is 7.10. The zero-order valence-corrected chi connectivity index (χ0v) is 11.5. The number of rotatable bonds is 0. The third-order valence-electron chi connectivity index (χ3n) is 6.89. The quantitative estimate of drug-likeness (QED) is 0.681. The summed E-state index contributed by atoms with van der Waals surface area (Å²) in [7, 11) is 0. The van der Waals surface area contributed by atoms with Crippen molar-refractivity contribution in [3.05, 3.63) is 0 Å². The van der Waals surface area contributed by atoms with Gasteiger partial charge < -0.3 is 10.2 Å². The molecule has 98 valence electrons. The summed E-state index contributed by atoms with van der Waals surface area (Å²) in [6.07, 6.45) is 3.96. The van der Waals surface area contributed by atoms with Crippen LogP contribution in [0, 0.1) is 28.1 Å². The SMILES string of the molecule is CC1(C)CCC[C@@]2(C)[C@H]3[C@H]1[C@H](O)[C@]2(C)C[C@@H]3O. The van der Waals surface area contributed by atoms with E-state index in [4.69, 9.17) is 0 Å².